The van der Waals surface area contributed by atoms with E-state index in [1.807, 2.05) is 0 Å². The molecule has 0 heterocycles. The molecule has 2 unspecified atom stereocenters. The van der Waals surface area contributed by atoms with Gasteiger partial charge in [-0.25, -0.2) is 8.78 Å². The van der Waals surface area contributed by atoms with Gasteiger partial charge in [0.25, 0.3) is 0 Å². The first-order chi connectivity index (χ1) is 7.04. The highest BCUT2D eigenvalue weighted by molar-refractivity contribution is 6.20. The minimum absolute atomic E-state index is 0.0279. The molecular formula is C12H15ClF2. The van der Waals surface area contributed by atoms with Gasteiger partial charge in [0.2, 0.25) is 0 Å². The fourth-order valence-corrected chi connectivity index (χ4v) is 1.71. The van der Waals surface area contributed by atoms with Crippen LogP contribution in [0.1, 0.15) is 25.8 Å². The zero-order chi connectivity index (χ0) is 11.4. The molecule has 0 radical (unpaired) electrons. The zero-order valence-electron chi connectivity index (χ0n) is 8.93. The van der Waals surface area contributed by atoms with Crippen LogP contribution >= 0.6 is 11.6 Å². The van der Waals surface area contributed by atoms with Crippen LogP contribution in [0.2, 0.25) is 0 Å². The molecule has 0 aromatic heterocycles. The van der Waals surface area contributed by atoms with Crippen LogP contribution in [0.3, 0.4) is 0 Å². The third-order valence-electron chi connectivity index (χ3n) is 2.68. The summed E-state index contributed by atoms with van der Waals surface area (Å²) >= 11 is 6.14. The lowest BCUT2D eigenvalue weighted by Gasteiger charge is -2.15. The second kappa shape index (κ2) is 5.45. The third-order valence-corrected chi connectivity index (χ3v) is 3.26. The molecule has 0 aliphatic carbocycles. The van der Waals surface area contributed by atoms with Crippen molar-refractivity contribution in [3.05, 3.63) is 35.4 Å². The van der Waals surface area contributed by atoms with E-state index in [-0.39, 0.29) is 5.38 Å². The largest absolute Gasteiger partial charge is 0.204 e. The molecule has 3 heteroatoms. The van der Waals surface area contributed by atoms with Gasteiger partial charge in [-0.2, -0.15) is 0 Å². The van der Waals surface area contributed by atoms with Crippen molar-refractivity contribution in [1.82, 2.24) is 0 Å². The van der Waals surface area contributed by atoms with Crippen molar-refractivity contribution in [2.75, 3.05) is 0 Å². The van der Waals surface area contributed by atoms with Gasteiger partial charge in [0.05, 0.1) is 0 Å². The number of benzene rings is 1. The topological polar surface area (TPSA) is 0 Å². The summed E-state index contributed by atoms with van der Waals surface area (Å²) in [6.45, 7) is 4.11. The van der Waals surface area contributed by atoms with Crippen LogP contribution in [0.15, 0.2) is 18.2 Å². The van der Waals surface area contributed by atoms with Gasteiger partial charge in [-0.15, -0.1) is 11.6 Å². The Morgan fingerprint density at radius 1 is 1.27 bits per heavy atom. The van der Waals surface area contributed by atoms with E-state index in [2.05, 4.69) is 13.8 Å². The van der Waals surface area contributed by atoms with E-state index < -0.39 is 11.6 Å². The standard InChI is InChI=1S/C12H15ClF2/c1-3-8(2)10(13)6-9-4-5-11(14)12(15)7-9/h4-5,7-8,10H,3,6H2,1-2H3. The molecule has 1 rings (SSSR count). The third kappa shape index (κ3) is 3.45. The average molecular weight is 233 g/mol. The summed E-state index contributed by atoms with van der Waals surface area (Å²) in [6, 6.07) is 3.94. The van der Waals surface area contributed by atoms with Crippen LogP contribution in [0.25, 0.3) is 0 Å². The van der Waals surface area contributed by atoms with E-state index in [1.54, 1.807) is 6.07 Å². The van der Waals surface area contributed by atoms with E-state index in [0.29, 0.717) is 12.3 Å². The quantitative estimate of drug-likeness (QED) is 0.684. The Bertz CT molecular complexity index is 325. The van der Waals surface area contributed by atoms with Gasteiger partial charge >= 0.3 is 0 Å². The first kappa shape index (κ1) is 12.4. The van der Waals surface area contributed by atoms with Gasteiger partial charge in [0.1, 0.15) is 0 Å². The molecule has 84 valence electrons. The van der Waals surface area contributed by atoms with Crippen molar-refractivity contribution in [3.63, 3.8) is 0 Å². The molecule has 0 spiro atoms. The van der Waals surface area contributed by atoms with Gasteiger partial charge in [-0.3, -0.25) is 0 Å². The highest BCUT2D eigenvalue weighted by Gasteiger charge is 2.14. The highest BCUT2D eigenvalue weighted by atomic mass is 35.5. The monoisotopic (exact) mass is 232 g/mol. The summed E-state index contributed by atoms with van der Waals surface area (Å²) in [4.78, 5) is 0. The maximum absolute atomic E-state index is 12.9. The Balaban J connectivity index is 2.68. The SMILES string of the molecule is CCC(C)C(Cl)Cc1ccc(F)c(F)c1. The van der Waals surface area contributed by atoms with Crippen LogP contribution in [-0.2, 0) is 6.42 Å². The summed E-state index contributed by atoms with van der Waals surface area (Å²) in [7, 11) is 0. The van der Waals surface area contributed by atoms with Crippen LogP contribution in [0.4, 0.5) is 8.78 Å². The van der Waals surface area contributed by atoms with E-state index in [1.165, 1.54) is 6.07 Å². The Labute approximate surface area is 94.3 Å². The van der Waals surface area contributed by atoms with Gasteiger partial charge in [-0.1, -0.05) is 26.3 Å². The molecule has 0 saturated carbocycles. The maximum atomic E-state index is 12.9. The summed E-state index contributed by atoms with van der Waals surface area (Å²) in [5.41, 5.74) is 0.745. The van der Waals surface area contributed by atoms with Gasteiger partial charge in [-0.05, 0) is 30.0 Å². The van der Waals surface area contributed by atoms with Crippen molar-refractivity contribution in [3.8, 4) is 0 Å². The van der Waals surface area contributed by atoms with Crippen molar-refractivity contribution in [2.24, 2.45) is 5.92 Å². The molecule has 0 saturated heterocycles. The molecule has 0 N–H and O–H groups in total. The fourth-order valence-electron chi connectivity index (χ4n) is 1.35. The molecular weight excluding hydrogens is 218 g/mol. The maximum Gasteiger partial charge on any atom is 0.159 e. The van der Waals surface area contributed by atoms with E-state index in [9.17, 15) is 8.78 Å². The lowest BCUT2D eigenvalue weighted by molar-refractivity contribution is 0.501. The smallest absolute Gasteiger partial charge is 0.159 e. The van der Waals surface area contributed by atoms with Crippen molar-refractivity contribution in [1.29, 1.82) is 0 Å². The number of rotatable bonds is 4. The van der Waals surface area contributed by atoms with E-state index >= 15 is 0 Å². The first-order valence-corrected chi connectivity index (χ1v) is 5.56. The molecule has 0 aliphatic rings. The Morgan fingerprint density at radius 2 is 1.93 bits per heavy atom. The van der Waals surface area contributed by atoms with Crippen LogP contribution in [-0.4, -0.2) is 5.38 Å². The minimum atomic E-state index is -0.812. The predicted molar refractivity (Wildman–Crippen MR) is 59.2 cm³/mol. The first-order valence-electron chi connectivity index (χ1n) is 5.12. The molecule has 1 aromatic rings. The van der Waals surface area contributed by atoms with Gasteiger partial charge in [0, 0.05) is 5.38 Å². The van der Waals surface area contributed by atoms with Crippen molar-refractivity contribution in [2.45, 2.75) is 32.1 Å². The van der Waals surface area contributed by atoms with Gasteiger partial charge < -0.3 is 0 Å². The second-order valence-electron chi connectivity index (χ2n) is 3.85. The second-order valence-corrected chi connectivity index (χ2v) is 4.41. The predicted octanol–water partition coefficient (Wildman–Crippen LogP) is 4.16. The highest BCUT2D eigenvalue weighted by Crippen LogP contribution is 2.20. The number of halogens is 3. The number of hydrogen-bond acceptors (Lipinski definition) is 0. The summed E-state index contributed by atoms with van der Waals surface area (Å²) in [5, 5.41) is -0.0279. The number of alkyl halides is 1. The van der Waals surface area contributed by atoms with Crippen LogP contribution in [0, 0.1) is 17.6 Å². The Morgan fingerprint density at radius 3 is 2.47 bits per heavy atom. The Hall–Kier alpha value is -0.630. The van der Waals surface area contributed by atoms with Crippen LogP contribution < -0.4 is 0 Å². The van der Waals surface area contributed by atoms with E-state index in [0.717, 1.165) is 18.1 Å². The average Bonchev–Trinajstić information content (AvgIpc) is 2.22. The summed E-state index contributed by atoms with van der Waals surface area (Å²) < 4.78 is 25.5. The Kier molecular flexibility index (Phi) is 4.52. The fraction of sp³-hybridized carbons (Fsp3) is 0.500. The molecule has 0 bridgehead atoms. The summed E-state index contributed by atoms with van der Waals surface area (Å²) in [6.07, 6.45) is 1.56. The van der Waals surface area contributed by atoms with Crippen molar-refractivity contribution >= 4 is 11.6 Å². The molecule has 0 nitrogen and oxygen atoms in total. The lowest BCUT2D eigenvalue weighted by Crippen LogP contribution is -2.13. The van der Waals surface area contributed by atoms with Crippen LogP contribution in [0.5, 0.6) is 0 Å². The van der Waals surface area contributed by atoms with E-state index in [4.69, 9.17) is 11.6 Å². The minimum Gasteiger partial charge on any atom is -0.204 e. The van der Waals surface area contributed by atoms with Crippen molar-refractivity contribution < 1.29 is 8.78 Å². The van der Waals surface area contributed by atoms with Gasteiger partial charge in [0.15, 0.2) is 11.6 Å². The summed E-state index contributed by atoms with van der Waals surface area (Å²) in [5.74, 6) is -1.24. The number of hydrogen-bond donors (Lipinski definition) is 0. The molecule has 2 atom stereocenters. The molecule has 0 aliphatic heterocycles. The molecule has 0 amide bonds. The molecule has 0 fully saturated rings. The normalized spacial score (nSPS) is 15.0. The molecule has 15 heavy (non-hydrogen) atoms. The lowest BCUT2D eigenvalue weighted by atomic mass is 9.98. The zero-order valence-corrected chi connectivity index (χ0v) is 9.69. The molecule has 1 aromatic carbocycles.